The third-order valence-corrected chi connectivity index (χ3v) is 7.21. The van der Waals surface area contributed by atoms with Crippen LogP contribution in [-0.4, -0.2) is 27.1 Å². The zero-order valence-corrected chi connectivity index (χ0v) is 10.9. The predicted molar refractivity (Wildman–Crippen MR) is 60.3 cm³/mol. The molecule has 18 heavy (non-hydrogen) atoms. The van der Waals surface area contributed by atoms with Gasteiger partial charge in [-0.1, -0.05) is 37.3 Å². The van der Waals surface area contributed by atoms with Crippen LogP contribution in [0.3, 0.4) is 0 Å². The molecule has 0 aliphatic heterocycles. The van der Waals surface area contributed by atoms with E-state index in [-0.39, 0.29) is 11.2 Å². The minimum absolute atomic E-state index is 0.0580. The lowest BCUT2D eigenvalue weighted by molar-refractivity contribution is -0.251. The Bertz CT molecular complexity index is 386. The second kappa shape index (κ2) is 4.97. The van der Waals surface area contributed by atoms with E-state index in [1.54, 1.807) is 6.07 Å². The molecule has 0 aliphatic rings. The molecule has 0 heterocycles. The van der Waals surface area contributed by atoms with Crippen molar-refractivity contribution in [2.45, 2.75) is 24.7 Å². The molecule has 1 rings (SSSR count). The Morgan fingerprint density at radius 1 is 1.06 bits per heavy atom. The Morgan fingerprint density at radius 3 is 1.89 bits per heavy atom. The molecular weight excluding hydrogens is 271 g/mol. The first-order valence-corrected chi connectivity index (χ1v) is 7.39. The van der Waals surface area contributed by atoms with E-state index >= 15 is 0 Å². The summed E-state index contributed by atoms with van der Waals surface area (Å²) in [5.74, 6) is 0. The third-order valence-electron chi connectivity index (χ3n) is 2.95. The molecule has 102 valence electrons. The molecule has 0 saturated carbocycles. The van der Waals surface area contributed by atoms with E-state index < -0.39 is 20.0 Å². The van der Waals surface area contributed by atoms with Crippen LogP contribution in [0.25, 0.3) is 0 Å². The summed E-state index contributed by atoms with van der Waals surface area (Å²) in [6, 6.07) is 6.58. The topological polar surface area (TPSA) is 9.23 Å². The van der Waals surface area contributed by atoms with Crippen molar-refractivity contribution in [3.63, 3.8) is 0 Å². The standard InChI is InChI=1S/C11H13F5OSi/c1-3-18(17-2,9-7-5-4-6-8-9)11(15,16)10(12,13)14/h4-8H,3H2,1-2H3. The lowest BCUT2D eigenvalue weighted by atomic mass is 10.4. The van der Waals surface area contributed by atoms with Crippen LogP contribution in [0.1, 0.15) is 6.92 Å². The zero-order valence-electron chi connectivity index (χ0n) is 9.89. The maximum Gasteiger partial charge on any atom is 0.452 e. The zero-order chi connectivity index (χ0) is 14.0. The van der Waals surface area contributed by atoms with Crippen molar-refractivity contribution in [3.8, 4) is 0 Å². The van der Waals surface area contributed by atoms with Crippen LogP contribution in [-0.2, 0) is 4.43 Å². The van der Waals surface area contributed by atoms with E-state index in [4.69, 9.17) is 4.43 Å². The van der Waals surface area contributed by atoms with Crippen LogP contribution in [0, 0.1) is 0 Å². The van der Waals surface area contributed by atoms with Gasteiger partial charge in [-0.05, 0) is 11.2 Å². The summed E-state index contributed by atoms with van der Waals surface area (Å²) in [5, 5.41) is -0.0580. The molecule has 0 radical (unpaired) electrons. The smallest absolute Gasteiger partial charge is 0.410 e. The average molecular weight is 284 g/mol. The largest absolute Gasteiger partial charge is 0.452 e. The summed E-state index contributed by atoms with van der Waals surface area (Å²) in [6.07, 6.45) is -5.61. The highest BCUT2D eigenvalue weighted by molar-refractivity contribution is 6.88. The fourth-order valence-electron chi connectivity index (χ4n) is 1.93. The Kier molecular flexibility index (Phi) is 4.17. The molecule has 0 amide bonds. The lowest BCUT2D eigenvalue weighted by Gasteiger charge is -2.37. The van der Waals surface area contributed by atoms with Gasteiger partial charge in [-0.25, -0.2) is 0 Å². The number of hydrogen-bond donors (Lipinski definition) is 0. The van der Waals surface area contributed by atoms with Gasteiger partial charge >= 0.3 is 20.0 Å². The number of alkyl halides is 5. The minimum Gasteiger partial charge on any atom is -0.410 e. The molecule has 0 bridgehead atoms. The molecular formula is C11H13F5OSi. The Balaban J connectivity index is 3.42. The molecule has 1 aromatic carbocycles. The van der Waals surface area contributed by atoms with Gasteiger partial charge in [-0.2, -0.15) is 22.0 Å². The van der Waals surface area contributed by atoms with Gasteiger partial charge in [0.15, 0.2) is 0 Å². The van der Waals surface area contributed by atoms with E-state index in [0.717, 1.165) is 7.11 Å². The van der Waals surface area contributed by atoms with Crippen molar-refractivity contribution in [3.05, 3.63) is 30.3 Å². The van der Waals surface area contributed by atoms with Crippen LogP contribution >= 0.6 is 0 Å². The van der Waals surface area contributed by atoms with Crippen molar-refractivity contribution in [1.29, 1.82) is 0 Å². The molecule has 0 N–H and O–H groups in total. The van der Waals surface area contributed by atoms with Crippen LogP contribution in [0.2, 0.25) is 6.04 Å². The van der Waals surface area contributed by atoms with Gasteiger partial charge < -0.3 is 4.43 Å². The Morgan fingerprint density at radius 2 is 1.56 bits per heavy atom. The van der Waals surface area contributed by atoms with Gasteiger partial charge in [0.05, 0.1) is 0 Å². The van der Waals surface area contributed by atoms with Gasteiger partial charge in [0.25, 0.3) is 0 Å². The average Bonchev–Trinajstić information content (AvgIpc) is 2.31. The molecule has 0 spiro atoms. The first kappa shape index (κ1) is 15.1. The van der Waals surface area contributed by atoms with Gasteiger partial charge in [0, 0.05) is 7.11 Å². The number of benzene rings is 1. The molecule has 1 unspecified atom stereocenters. The molecule has 1 atom stereocenters. The van der Waals surface area contributed by atoms with Crippen molar-refractivity contribution >= 4 is 13.5 Å². The van der Waals surface area contributed by atoms with E-state index in [1.807, 2.05) is 0 Å². The van der Waals surface area contributed by atoms with Crippen LogP contribution in [0.15, 0.2) is 30.3 Å². The minimum atomic E-state index is -5.61. The fourth-order valence-corrected chi connectivity index (χ4v) is 5.12. The normalized spacial score (nSPS) is 16.4. The Labute approximate surface area is 103 Å². The van der Waals surface area contributed by atoms with Gasteiger partial charge in [0.1, 0.15) is 0 Å². The fraction of sp³-hybridized carbons (Fsp3) is 0.455. The molecule has 0 aromatic heterocycles. The summed E-state index contributed by atoms with van der Waals surface area (Å²) in [6.45, 7) is 1.29. The van der Waals surface area contributed by atoms with Crippen molar-refractivity contribution < 1.29 is 26.4 Å². The Hall–Kier alpha value is -0.953. The summed E-state index contributed by atoms with van der Waals surface area (Å²) in [5.41, 5.74) is -4.83. The molecule has 0 aliphatic carbocycles. The molecule has 1 aromatic rings. The van der Waals surface area contributed by atoms with Crippen LogP contribution < -0.4 is 5.19 Å². The number of hydrogen-bond acceptors (Lipinski definition) is 1. The van der Waals surface area contributed by atoms with Crippen molar-refractivity contribution in [2.75, 3.05) is 7.11 Å². The van der Waals surface area contributed by atoms with Crippen LogP contribution in [0.4, 0.5) is 22.0 Å². The summed E-state index contributed by atoms with van der Waals surface area (Å²) in [7, 11) is -3.52. The first-order valence-electron chi connectivity index (χ1n) is 5.28. The maximum absolute atomic E-state index is 13.7. The van der Waals surface area contributed by atoms with Crippen LogP contribution in [0.5, 0.6) is 0 Å². The summed E-state index contributed by atoms with van der Waals surface area (Å²) >= 11 is 0. The highest BCUT2D eigenvalue weighted by Gasteiger charge is 2.72. The van der Waals surface area contributed by atoms with Gasteiger partial charge in [0.2, 0.25) is 0 Å². The highest BCUT2D eigenvalue weighted by atomic mass is 28.4. The molecule has 0 fully saturated rings. The third kappa shape index (κ3) is 2.16. The van der Waals surface area contributed by atoms with E-state index in [2.05, 4.69) is 0 Å². The van der Waals surface area contributed by atoms with E-state index in [0.29, 0.717) is 0 Å². The lowest BCUT2D eigenvalue weighted by Crippen LogP contribution is -2.69. The molecule has 0 saturated heterocycles. The monoisotopic (exact) mass is 284 g/mol. The van der Waals surface area contributed by atoms with E-state index in [9.17, 15) is 22.0 Å². The van der Waals surface area contributed by atoms with Crippen molar-refractivity contribution in [2.24, 2.45) is 0 Å². The second-order valence-corrected chi connectivity index (χ2v) is 7.80. The summed E-state index contributed by atoms with van der Waals surface area (Å²) in [4.78, 5) is 0. The van der Waals surface area contributed by atoms with Gasteiger partial charge in [-0.15, -0.1) is 0 Å². The maximum atomic E-state index is 13.7. The predicted octanol–water partition coefficient (Wildman–Crippen LogP) is 3.24. The first-order chi connectivity index (χ1) is 8.23. The quantitative estimate of drug-likeness (QED) is 0.609. The highest BCUT2D eigenvalue weighted by Crippen LogP contribution is 2.43. The van der Waals surface area contributed by atoms with Crippen molar-refractivity contribution in [1.82, 2.24) is 0 Å². The SMILES string of the molecule is CC[Si](OC)(c1ccccc1)C(F)(F)C(F)(F)F. The van der Waals surface area contributed by atoms with E-state index in [1.165, 1.54) is 31.2 Å². The number of rotatable bonds is 4. The number of halogens is 5. The second-order valence-electron chi connectivity index (χ2n) is 3.82. The molecule has 7 heteroatoms. The summed E-state index contributed by atoms with van der Waals surface area (Å²) < 4.78 is 70.0. The molecule has 1 nitrogen and oxygen atoms in total. The van der Waals surface area contributed by atoms with Gasteiger partial charge in [-0.3, -0.25) is 0 Å².